The van der Waals surface area contributed by atoms with Crippen molar-refractivity contribution in [3.63, 3.8) is 0 Å². The number of aromatic nitrogens is 1. The fourth-order valence-electron chi connectivity index (χ4n) is 2.00. The molecule has 0 aliphatic heterocycles. The summed E-state index contributed by atoms with van der Waals surface area (Å²) in [6.45, 7) is 2.11. The normalized spacial score (nSPS) is 10.4. The smallest absolute Gasteiger partial charge is 0.350 e. The van der Waals surface area contributed by atoms with Gasteiger partial charge < -0.3 is 14.2 Å². The van der Waals surface area contributed by atoms with Crippen LogP contribution in [0.25, 0.3) is 0 Å². The number of ether oxygens (including phenoxy) is 3. The predicted octanol–water partition coefficient (Wildman–Crippen LogP) is 3.69. The minimum atomic E-state index is -0.359. The van der Waals surface area contributed by atoms with Gasteiger partial charge in [0.15, 0.2) is 3.92 Å². The number of hydrogen-bond acceptors (Lipinski definition) is 6. The van der Waals surface area contributed by atoms with E-state index in [1.165, 1.54) is 11.3 Å². The van der Waals surface area contributed by atoms with E-state index in [4.69, 9.17) is 14.2 Å². The van der Waals surface area contributed by atoms with E-state index in [0.29, 0.717) is 27.5 Å². The lowest BCUT2D eigenvalue weighted by Crippen LogP contribution is -2.06. The monoisotopic (exact) mass is 385 g/mol. The summed E-state index contributed by atoms with van der Waals surface area (Å²) >= 11 is 4.59. The Morgan fingerprint density at radius 3 is 2.73 bits per heavy atom. The summed E-state index contributed by atoms with van der Waals surface area (Å²) in [5, 5.41) is 0. The van der Waals surface area contributed by atoms with E-state index in [2.05, 4.69) is 20.9 Å². The first kappa shape index (κ1) is 16.8. The van der Waals surface area contributed by atoms with Crippen LogP contribution in [0.3, 0.4) is 0 Å². The Kier molecular flexibility index (Phi) is 5.79. The van der Waals surface area contributed by atoms with Gasteiger partial charge in [-0.2, -0.15) is 0 Å². The highest BCUT2D eigenvalue weighted by molar-refractivity contribution is 9.11. The second-order valence-corrected chi connectivity index (χ2v) is 6.59. The van der Waals surface area contributed by atoms with Crippen LogP contribution in [0.2, 0.25) is 0 Å². The molecule has 0 atom stereocenters. The van der Waals surface area contributed by atoms with Crippen LogP contribution >= 0.6 is 27.3 Å². The topological polar surface area (TPSA) is 57.7 Å². The average molecular weight is 386 g/mol. The molecular formula is C15H16BrNO4S. The number of carbonyl (C=O) groups is 1. The molecule has 5 nitrogen and oxygen atoms in total. The predicted molar refractivity (Wildman–Crippen MR) is 88.1 cm³/mol. The Hall–Kier alpha value is -1.60. The van der Waals surface area contributed by atoms with Crippen molar-refractivity contribution in [3.8, 4) is 11.5 Å². The third-order valence-electron chi connectivity index (χ3n) is 2.98. The number of nitrogens with zero attached hydrogens (tertiary/aromatic N) is 1. The van der Waals surface area contributed by atoms with Gasteiger partial charge in [-0.05, 0) is 41.1 Å². The number of hydrogen-bond donors (Lipinski definition) is 0. The Bertz CT molecular complexity index is 672. The Morgan fingerprint density at radius 2 is 2.09 bits per heavy atom. The maximum atomic E-state index is 12.0. The number of benzene rings is 1. The number of halogens is 1. The van der Waals surface area contributed by atoms with E-state index in [1.54, 1.807) is 21.1 Å². The summed E-state index contributed by atoms with van der Waals surface area (Å²) in [5.41, 5.74) is 1.55. The van der Waals surface area contributed by atoms with Crippen molar-refractivity contribution in [2.45, 2.75) is 13.3 Å². The van der Waals surface area contributed by atoms with E-state index in [1.807, 2.05) is 18.2 Å². The number of thiazole rings is 1. The van der Waals surface area contributed by atoms with Gasteiger partial charge in [-0.1, -0.05) is 11.3 Å². The molecule has 22 heavy (non-hydrogen) atoms. The highest BCUT2D eigenvalue weighted by Gasteiger charge is 2.20. The summed E-state index contributed by atoms with van der Waals surface area (Å²) in [7, 11) is 3.21. The van der Waals surface area contributed by atoms with Gasteiger partial charge >= 0.3 is 5.97 Å². The van der Waals surface area contributed by atoms with Crippen LogP contribution in [0.4, 0.5) is 0 Å². The first-order valence-electron chi connectivity index (χ1n) is 6.62. The first-order valence-corrected chi connectivity index (χ1v) is 8.23. The van der Waals surface area contributed by atoms with Crippen LogP contribution in [0.15, 0.2) is 22.1 Å². The minimum Gasteiger partial charge on any atom is -0.497 e. The van der Waals surface area contributed by atoms with Crippen molar-refractivity contribution in [1.82, 2.24) is 4.98 Å². The molecule has 0 aliphatic rings. The fourth-order valence-corrected chi connectivity index (χ4v) is 3.40. The highest BCUT2D eigenvalue weighted by atomic mass is 79.9. The van der Waals surface area contributed by atoms with Crippen LogP contribution in [-0.4, -0.2) is 31.8 Å². The van der Waals surface area contributed by atoms with Gasteiger partial charge in [-0.3, -0.25) is 0 Å². The van der Waals surface area contributed by atoms with Gasteiger partial charge in [-0.25, -0.2) is 9.78 Å². The molecular weight excluding hydrogens is 370 g/mol. The van der Waals surface area contributed by atoms with Gasteiger partial charge in [0, 0.05) is 12.0 Å². The molecule has 1 aromatic carbocycles. The molecule has 0 saturated carbocycles. The molecule has 0 N–H and O–H groups in total. The molecule has 118 valence electrons. The number of rotatable bonds is 6. The number of methoxy groups -OCH3 is 2. The summed E-state index contributed by atoms with van der Waals surface area (Å²) in [5.74, 6) is 1.09. The molecule has 0 saturated heterocycles. The Balaban J connectivity index is 2.36. The number of esters is 1. The molecule has 1 aromatic heterocycles. The maximum Gasteiger partial charge on any atom is 0.350 e. The summed E-state index contributed by atoms with van der Waals surface area (Å²) in [6.07, 6.45) is 0.455. The van der Waals surface area contributed by atoms with E-state index < -0.39 is 0 Å². The maximum absolute atomic E-state index is 12.0. The average Bonchev–Trinajstić information content (AvgIpc) is 2.88. The van der Waals surface area contributed by atoms with Gasteiger partial charge in [0.2, 0.25) is 0 Å². The van der Waals surface area contributed by atoms with Crippen molar-refractivity contribution in [3.05, 3.63) is 38.3 Å². The van der Waals surface area contributed by atoms with Gasteiger partial charge in [0.1, 0.15) is 16.4 Å². The molecule has 2 aromatic rings. The first-order chi connectivity index (χ1) is 10.6. The third-order valence-corrected chi connectivity index (χ3v) is 4.51. The molecule has 0 aliphatic carbocycles. The lowest BCUT2D eigenvalue weighted by Gasteiger charge is -2.10. The molecule has 7 heteroatoms. The minimum absolute atomic E-state index is 0.330. The lowest BCUT2D eigenvalue weighted by molar-refractivity contribution is 0.0530. The van der Waals surface area contributed by atoms with E-state index in [9.17, 15) is 4.79 Å². The summed E-state index contributed by atoms with van der Waals surface area (Å²) in [6, 6.07) is 5.53. The van der Waals surface area contributed by atoms with Crippen LogP contribution in [0, 0.1) is 0 Å². The van der Waals surface area contributed by atoms with E-state index in [-0.39, 0.29) is 5.97 Å². The lowest BCUT2D eigenvalue weighted by atomic mass is 10.1. The van der Waals surface area contributed by atoms with Crippen molar-refractivity contribution in [1.29, 1.82) is 0 Å². The molecule has 0 bridgehead atoms. The fraction of sp³-hybridized carbons (Fsp3) is 0.333. The number of carbonyl (C=O) groups excluding carboxylic acids is 1. The van der Waals surface area contributed by atoms with Gasteiger partial charge in [0.05, 0.1) is 26.5 Å². The Labute approximate surface area is 141 Å². The van der Waals surface area contributed by atoms with Crippen molar-refractivity contribution in [2.75, 3.05) is 20.8 Å². The van der Waals surface area contributed by atoms with Crippen LogP contribution in [0.1, 0.15) is 27.9 Å². The third kappa shape index (κ3) is 3.78. The highest BCUT2D eigenvalue weighted by Crippen LogP contribution is 2.30. The molecule has 0 fully saturated rings. The van der Waals surface area contributed by atoms with Crippen molar-refractivity contribution >= 4 is 33.2 Å². The zero-order chi connectivity index (χ0) is 16.1. The quantitative estimate of drug-likeness (QED) is 0.709. The Morgan fingerprint density at radius 1 is 1.32 bits per heavy atom. The molecule has 1 heterocycles. The van der Waals surface area contributed by atoms with E-state index in [0.717, 1.165) is 17.1 Å². The van der Waals surface area contributed by atoms with Gasteiger partial charge in [-0.15, -0.1) is 0 Å². The molecule has 0 unspecified atom stereocenters. The van der Waals surface area contributed by atoms with Gasteiger partial charge in [0.25, 0.3) is 0 Å². The molecule has 0 amide bonds. The van der Waals surface area contributed by atoms with Crippen LogP contribution < -0.4 is 9.47 Å². The van der Waals surface area contributed by atoms with E-state index >= 15 is 0 Å². The zero-order valence-corrected chi connectivity index (χ0v) is 14.9. The molecule has 0 spiro atoms. The second kappa shape index (κ2) is 7.60. The van der Waals surface area contributed by atoms with Crippen molar-refractivity contribution in [2.24, 2.45) is 0 Å². The zero-order valence-electron chi connectivity index (χ0n) is 12.5. The summed E-state index contributed by atoms with van der Waals surface area (Å²) < 4.78 is 16.3. The second-order valence-electron chi connectivity index (χ2n) is 4.32. The van der Waals surface area contributed by atoms with Crippen LogP contribution in [0.5, 0.6) is 11.5 Å². The van der Waals surface area contributed by atoms with Crippen molar-refractivity contribution < 1.29 is 19.0 Å². The standard InChI is InChI=1S/C15H16BrNO4S/c1-4-21-14(18)13-11(17-15(16)22-13)8-9-7-10(19-2)5-6-12(9)20-3/h5-7H,4,8H2,1-3H3. The molecule has 0 radical (unpaired) electrons. The SMILES string of the molecule is CCOC(=O)c1sc(Br)nc1Cc1cc(OC)ccc1OC. The largest absolute Gasteiger partial charge is 0.497 e. The molecule has 2 rings (SSSR count). The summed E-state index contributed by atoms with van der Waals surface area (Å²) in [4.78, 5) is 16.9. The van der Waals surface area contributed by atoms with Crippen LogP contribution in [-0.2, 0) is 11.2 Å².